The Morgan fingerprint density at radius 2 is 2.18 bits per heavy atom. The van der Waals surface area contributed by atoms with E-state index in [1.54, 1.807) is 0 Å². The number of carboxylic acid groups (broad SMARTS) is 1. The van der Waals surface area contributed by atoms with E-state index >= 15 is 0 Å². The summed E-state index contributed by atoms with van der Waals surface area (Å²) in [5.74, 6) is -2.06. The maximum absolute atomic E-state index is 13.1. The van der Waals surface area contributed by atoms with Crippen molar-refractivity contribution in [1.29, 1.82) is 0 Å². The minimum atomic E-state index is -1.32. The molecule has 0 radical (unpaired) electrons. The van der Waals surface area contributed by atoms with E-state index in [0.717, 1.165) is 6.07 Å². The molecule has 0 aromatic heterocycles. The highest BCUT2D eigenvalue weighted by atomic mass is 32.2. The fraction of sp³-hybridized carbons (Fsp3) is 0.273. The lowest BCUT2D eigenvalue weighted by atomic mass is 10.2. The number of amides is 1. The van der Waals surface area contributed by atoms with Gasteiger partial charge in [-0.25, -0.2) is 9.18 Å². The highest BCUT2D eigenvalue weighted by molar-refractivity contribution is 8.00. The van der Waals surface area contributed by atoms with Crippen molar-refractivity contribution in [3.8, 4) is 0 Å². The van der Waals surface area contributed by atoms with E-state index in [-0.39, 0.29) is 17.2 Å². The molecule has 1 amide bonds. The molecule has 0 saturated carbocycles. The van der Waals surface area contributed by atoms with E-state index in [2.05, 4.69) is 5.32 Å². The predicted molar refractivity (Wildman–Crippen MR) is 62.8 cm³/mol. The lowest BCUT2D eigenvalue weighted by Crippen LogP contribution is -2.24. The molecule has 0 heterocycles. The molecule has 4 nitrogen and oxygen atoms in total. The molecule has 0 aliphatic rings. The Hall–Kier alpha value is -1.56. The molecule has 1 aromatic rings. The molecule has 0 fully saturated rings. The third kappa shape index (κ3) is 4.07. The first kappa shape index (κ1) is 13.5. The van der Waals surface area contributed by atoms with Gasteiger partial charge in [-0.2, -0.15) is 0 Å². The Morgan fingerprint density at radius 3 is 2.76 bits per heavy atom. The van der Waals surface area contributed by atoms with Crippen LogP contribution in [0.2, 0.25) is 0 Å². The summed E-state index contributed by atoms with van der Waals surface area (Å²) in [5.41, 5.74) is -0.383. The molecule has 17 heavy (non-hydrogen) atoms. The Balaban J connectivity index is 2.69. The molecule has 0 bridgehead atoms. The predicted octanol–water partition coefficient (Wildman–Crippen LogP) is 1.75. The lowest BCUT2D eigenvalue weighted by molar-refractivity contribution is -0.118. The summed E-state index contributed by atoms with van der Waals surface area (Å²) in [6.07, 6.45) is 0. The lowest BCUT2D eigenvalue weighted by Gasteiger charge is -2.04. The zero-order valence-corrected chi connectivity index (χ0v) is 10.0. The smallest absolute Gasteiger partial charge is 0.338 e. The van der Waals surface area contributed by atoms with Crippen LogP contribution in [0.4, 0.5) is 4.39 Å². The maximum Gasteiger partial charge on any atom is 0.338 e. The standard InChI is InChI=1S/C11H12FNO3S/c1-2-13-10(14)6-17-7-3-4-9(12)8(5-7)11(15)16/h3-5H,2,6H2,1H3,(H,13,14)(H,15,16). The van der Waals surface area contributed by atoms with Gasteiger partial charge in [0, 0.05) is 11.4 Å². The molecular formula is C11H12FNO3S. The van der Waals surface area contributed by atoms with E-state index in [0.29, 0.717) is 11.4 Å². The molecule has 0 aliphatic heterocycles. The molecule has 6 heteroatoms. The van der Waals surface area contributed by atoms with Gasteiger partial charge >= 0.3 is 5.97 Å². The van der Waals surface area contributed by atoms with Crippen LogP contribution in [0.5, 0.6) is 0 Å². The van der Waals surface area contributed by atoms with E-state index in [4.69, 9.17) is 5.11 Å². The first-order valence-corrected chi connectivity index (χ1v) is 5.95. The molecule has 1 aromatic carbocycles. The SMILES string of the molecule is CCNC(=O)CSc1ccc(F)c(C(=O)O)c1. The molecule has 0 spiro atoms. The third-order valence-electron chi connectivity index (χ3n) is 1.91. The van der Waals surface area contributed by atoms with Gasteiger partial charge in [-0.3, -0.25) is 4.79 Å². The van der Waals surface area contributed by atoms with Gasteiger partial charge in [0.15, 0.2) is 0 Å². The summed E-state index contributed by atoms with van der Waals surface area (Å²) >= 11 is 1.17. The van der Waals surface area contributed by atoms with Crippen LogP contribution in [0.15, 0.2) is 23.1 Å². The quantitative estimate of drug-likeness (QED) is 0.789. The minimum absolute atomic E-state index is 0.140. The first-order valence-electron chi connectivity index (χ1n) is 4.97. The average molecular weight is 257 g/mol. The Bertz CT molecular complexity index is 437. The van der Waals surface area contributed by atoms with Crippen LogP contribution in [-0.2, 0) is 4.79 Å². The molecule has 92 valence electrons. The number of carboxylic acids is 1. The van der Waals surface area contributed by atoms with Gasteiger partial charge < -0.3 is 10.4 Å². The van der Waals surface area contributed by atoms with Crippen LogP contribution in [0.3, 0.4) is 0 Å². The van der Waals surface area contributed by atoms with Gasteiger partial charge in [0.2, 0.25) is 5.91 Å². The van der Waals surface area contributed by atoms with Gasteiger partial charge in [-0.15, -0.1) is 11.8 Å². The van der Waals surface area contributed by atoms with Crippen LogP contribution in [0, 0.1) is 5.82 Å². The average Bonchev–Trinajstić information content (AvgIpc) is 2.28. The number of thioether (sulfide) groups is 1. The molecule has 2 N–H and O–H groups in total. The van der Waals surface area contributed by atoms with E-state index in [1.165, 1.54) is 23.9 Å². The van der Waals surface area contributed by atoms with Gasteiger partial charge in [0.1, 0.15) is 5.82 Å². The number of carbonyl (C=O) groups is 2. The zero-order chi connectivity index (χ0) is 12.8. The normalized spacial score (nSPS) is 10.0. The van der Waals surface area contributed by atoms with Crippen molar-refractivity contribution in [2.24, 2.45) is 0 Å². The number of nitrogens with one attached hydrogen (secondary N) is 1. The number of hydrogen-bond acceptors (Lipinski definition) is 3. The minimum Gasteiger partial charge on any atom is -0.478 e. The van der Waals surface area contributed by atoms with Crippen molar-refractivity contribution in [1.82, 2.24) is 5.32 Å². The molecule has 0 atom stereocenters. The number of rotatable bonds is 5. The van der Waals surface area contributed by atoms with Gasteiger partial charge in [0.25, 0.3) is 0 Å². The number of carbonyl (C=O) groups excluding carboxylic acids is 1. The van der Waals surface area contributed by atoms with Crippen LogP contribution >= 0.6 is 11.8 Å². The third-order valence-corrected chi connectivity index (χ3v) is 2.91. The Kier molecular flexibility index (Phi) is 4.96. The van der Waals surface area contributed by atoms with Crippen LogP contribution in [0.25, 0.3) is 0 Å². The summed E-state index contributed by atoms with van der Waals surface area (Å²) in [6, 6.07) is 3.76. The van der Waals surface area contributed by atoms with Crippen molar-refractivity contribution in [3.05, 3.63) is 29.6 Å². The number of aromatic carboxylic acids is 1. The summed E-state index contributed by atoms with van der Waals surface area (Å²) in [5, 5.41) is 11.3. The van der Waals surface area contributed by atoms with Crippen LogP contribution in [0.1, 0.15) is 17.3 Å². The topological polar surface area (TPSA) is 66.4 Å². The van der Waals surface area contributed by atoms with Crippen molar-refractivity contribution in [2.75, 3.05) is 12.3 Å². The first-order chi connectivity index (χ1) is 8.04. The zero-order valence-electron chi connectivity index (χ0n) is 9.20. The fourth-order valence-corrected chi connectivity index (χ4v) is 1.92. The van der Waals surface area contributed by atoms with Crippen molar-refractivity contribution >= 4 is 23.6 Å². The highest BCUT2D eigenvalue weighted by Gasteiger charge is 2.11. The summed E-state index contributed by atoms with van der Waals surface area (Å²) < 4.78 is 13.1. The van der Waals surface area contributed by atoms with Gasteiger partial charge in [-0.1, -0.05) is 0 Å². The molecular weight excluding hydrogens is 245 g/mol. The van der Waals surface area contributed by atoms with Crippen molar-refractivity contribution in [3.63, 3.8) is 0 Å². The Morgan fingerprint density at radius 1 is 1.47 bits per heavy atom. The second-order valence-corrected chi connectivity index (χ2v) is 4.24. The van der Waals surface area contributed by atoms with Crippen LogP contribution < -0.4 is 5.32 Å². The summed E-state index contributed by atoms with van der Waals surface area (Å²) in [6.45, 7) is 2.35. The largest absolute Gasteiger partial charge is 0.478 e. The van der Waals surface area contributed by atoms with Crippen molar-refractivity contribution < 1.29 is 19.1 Å². The molecule has 0 saturated heterocycles. The second kappa shape index (κ2) is 6.24. The fourth-order valence-electron chi connectivity index (χ4n) is 1.16. The Labute approximate surface area is 102 Å². The van der Waals surface area contributed by atoms with Crippen molar-refractivity contribution in [2.45, 2.75) is 11.8 Å². The molecule has 1 rings (SSSR count). The van der Waals surface area contributed by atoms with E-state index in [9.17, 15) is 14.0 Å². The van der Waals surface area contributed by atoms with E-state index in [1.807, 2.05) is 6.92 Å². The van der Waals surface area contributed by atoms with Gasteiger partial charge in [-0.05, 0) is 25.1 Å². The highest BCUT2D eigenvalue weighted by Crippen LogP contribution is 2.20. The maximum atomic E-state index is 13.1. The molecule has 0 aliphatic carbocycles. The second-order valence-electron chi connectivity index (χ2n) is 3.19. The number of hydrogen-bond donors (Lipinski definition) is 2. The number of halogens is 1. The van der Waals surface area contributed by atoms with Crippen LogP contribution in [-0.4, -0.2) is 29.3 Å². The number of benzene rings is 1. The van der Waals surface area contributed by atoms with Gasteiger partial charge in [0.05, 0.1) is 11.3 Å². The summed E-state index contributed by atoms with van der Waals surface area (Å²) in [7, 11) is 0. The monoisotopic (exact) mass is 257 g/mol. The summed E-state index contributed by atoms with van der Waals surface area (Å²) in [4.78, 5) is 22.4. The van der Waals surface area contributed by atoms with E-state index < -0.39 is 11.8 Å². The molecule has 0 unspecified atom stereocenters.